The summed E-state index contributed by atoms with van der Waals surface area (Å²) in [4.78, 5) is 20.2. The standard InChI is InChI=1S/C17H10N2O/c20-10-13-4-1-3-12-9-14-15(19-16(12)13)7-6-11-5-2-8-18-17(11)14/h1-10H. The van der Waals surface area contributed by atoms with Gasteiger partial charge in [-0.1, -0.05) is 24.3 Å². The van der Waals surface area contributed by atoms with Crippen molar-refractivity contribution in [2.75, 3.05) is 0 Å². The molecular formula is C17H10N2O. The van der Waals surface area contributed by atoms with Crippen LogP contribution in [0.5, 0.6) is 0 Å². The van der Waals surface area contributed by atoms with Gasteiger partial charge in [-0.05, 0) is 24.3 Å². The molecule has 0 radical (unpaired) electrons. The lowest BCUT2D eigenvalue weighted by molar-refractivity contribution is 0.112. The van der Waals surface area contributed by atoms with Crippen LogP contribution < -0.4 is 0 Å². The third kappa shape index (κ3) is 1.50. The lowest BCUT2D eigenvalue weighted by atomic mass is 10.1. The normalized spacial score (nSPS) is 11.2. The predicted molar refractivity (Wildman–Crippen MR) is 79.9 cm³/mol. The van der Waals surface area contributed by atoms with Crippen molar-refractivity contribution in [3.63, 3.8) is 0 Å². The van der Waals surface area contributed by atoms with Gasteiger partial charge in [-0.2, -0.15) is 0 Å². The summed E-state index contributed by atoms with van der Waals surface area (Å²) in [6.45, 7) is 0. The van der Waals surface area contributed by atoms with Gasteiger partial charge in [0, 0.05) is 27.9 Å². The number of fused-ring (bicyclic) bond motifs is 4. The summed E-state index contributed by atoms with van der Waals surface area (Å²) in [6.07, 6.45) is 2.63. The number of nitrogens with zero attached hydrogens (tertiary/aromatic N) is 2. The van der Waals surface area contributed by atoms with Gasteiger partial charge >= 0.3 is 0 Å². The summed E-state index contributed by atoms with van der Waals surface area (Å²) < 4.78 is 0. The van der Waals surface area contributed by atoms with Crippen molar-refractivity contribution >= 4 is 39.0 Å². The second-order valence-corrected chi connectivity index (χ2v) is 4.73. The molecule has 20 heavy (non-hydrogen) atoms. The largest absolute Gasteiger partial charge is 0.298 e. The molecular weight excluding hydrogens is 248 g/mol. The van der Waals surface area contributed by atoms with Crippen LogP contribution in [0.4, 0.5) is 0 Å². The Bertz CT molecular complexity index is 976. The van der Waals surface area contributed by atoms with Crippen LogP contribution in [-0.4, -0.2) is 16.3 Å². The van der Waals surface area contributed by atoms with Crippen LogP contribution in [0.15, 0.2) is 54.7 Å². The Kier molecular flexibility index (Phi) is 2.27. The highest BCUT2D eigenvalue weighted by Crippen LogP contribution is 2.26. The molecule has 0 bridgehead atoms. The van der Waals surface area contributed by atoms with E-state index >= 15 is 0 Å². The highest BCUT2D eigenvalue weighted by molar-refractivity contribution is 6.09. The smallest absolute Gasteiger partial charge is 0.152 e. The second kappa shape index (κ2) is 4.10. The van der Waals surface area contributed by atoms with Crippen LogP contribution in [0, 0.1) is 0 Å². The molecule has 0 unspecified atom stereocenters. The van der Waals surface area contributed by atoms with Gasteiger partial charge in [0.15, 0.2) is 6.29 Å². The summed E-state index contributed by atoms with van der Waals surface area (Å²) in [5.41, 5.74) is 3.16. The molecule has 2 heterocycles. The Morgan fingerprint density at radius 2 is 1.80 bits per heavy atom. The number of hydrogen-bond acceptors (Lipinski definition) is 3. The zero-order valence-corrected chi connectivity index (χ0v) is 10.6. The van der Waals surface area contributed by atoms with Gasteiger partial charge < -0.3 is 0 Å². The summed E-state index contributed by atoms with van der Waals surface area (Å²) in [6, 6.07) is 15.6. The zero-order valence-electron chi connectivity index (χ0n) is 10.6. The van der Waals surface area contributed by atoms with Gasteiger partial charge in [-0.25, -0.2) is 4.98 Å². The number of carbonyl (C=O) groups is 1. The van der Waals surface area contributed by atoms with Crippen molar-refractivity contribution in [3.05, 3.63) is 60.3 Å². The number of pyridine rings is 2. The van der Waals surface area contributed by atoms with E-state index in [-0.39, 0.29) is 0 Å². The maximum Gasteiger partial charge on any atom is 0.152 e. The van der Waals surface area contributed by atoms with Gasteiger partial charge in [0.2, 0.25) is 0 Å². The van der Waals surface area contributed by atoms with Crippen molar-refractivity contribution in [3.8, 4) is 0 Å². The highest BCUT2D eigenvalue weighted by atomic mass is 16.1. The van der Waals surface area contributed by atoms with Crippen LogP contribution in [0.2, 0.25) is 0 Å². The fourth-order valence-electron chi connectivity index (χ4n) is 2.59. The molecule has 0 aliphatic carbocycles. The molecule has 2 aromatic heterocycles. The Hall–Kier alpha value is -2.81. The maximum atomic E-state index is 11.1. The second-order valence-electron chi connectivity index (χ2n) is 4.73. The molecule has 0 atom stereocenters. The maximum absolute atomic E-state index is 11.1. The number of aromatic nitrogens is 2. The topological polar surface area (TPSA) is 42.9 Å². The van der Waals surface area contributed by atoms with Gasteiger partial charge in [-0.15, -0.1) is 0 Å². The van der Waals surface area contributed by atoms with Crippen molar-refractivity contribution in [1.82, 2.24) is 9.97 Å². The Balaban J connectivity index is 2.23. The van der Waals surface area contributed by atoms with E-state index in [1.54, 1.807) is 12.3 Å². The van der Waals surface area contributed by atoms with Gasteiger partial charge in [0.25, 0.3) is 0 Å². The van der Waals surface area contributed by atoms with E-state index in [2.05, 4.69) is 16.0 Å². The minimum atomic E-state index is 0.616. The number of rotatable bonds is 1. The molecule has 0 aliphatic heterocycles. The van der Waals surface area contributed by atoms with Gasteiger partial charge in [0.1, 0.15) is 0 Å². The van der Waals surface area contributed by atoms with Crippen LogP contribution in [-0.2, 0) is 0 Å². The van der Waals surface area contributed by atoms with E-state index in [1.807, 2.05) is 36.4 Å². The first-order valence-electron chi connectivity index (χ1n) is 6.39. The lowest BCUT2D eigenvalue weighted by Gasteiger charge is -2.06. The molecule has 94 valence electrons. The van der Waals surface area contributed by atoms with Crippen LogP contribution in [0.1, 0.15) is 10.4 Å². The average molecular weight is 258 g/mol. The fourth-order valence-corrected chi connectivity index (χ4v) is 2.59. The van der Waals surface area contributed by atoms with Crippen molar-refractivity contribution in [1.29, 1.82) is 0 Å². The molecule has 3 heteroatoms. The minimum Gasteiger partial charge on any atom is -0.298 e. The third-order valence-electron chi connectivity index (χ3n) is 3.55. The van der Waals surface area contributed by atoms with Crippen molar-refractivity contribution in [2.45, 2.75) is 0 Å². The molecule has 0 N–H and O–H groups in total. The summed E-state index contributed by atoms with van der Waals surface area (Å²) in [7, 11) is 0. The van der Waals surface area contributed by atoms with Crippen LogP contribution in [0.3, 0.4) is 0 Å². The number of carbonyl (C=O) groups excluding carboxylic acids is 1. The summed E-state index contributed by atoms with van der Waals surface area (Å²) >= 11 is 0. The van der Waals surface area contributed by atoms with Crippen LogP contribution >= 0.6 is 0 Å². The highest BCUT2D eigenvalue weighted by Gasteiger charge is 2.07. The molecule has 4 aromatic rings. The van der Waals surface area contributed by atoms with E-state index in [4.69, 9.17) is 0 Å². The van der Waals surface area contributed by atoms with Crippen molar-refractivity contribution < 1.29 is 4.79 Å². The summed E-state index contributed by atoms with van der Waals surface area (Å²) in [5.74, 6) is 0. The molecule has 4 rings (SSSR count). The van der Waals surface area contributed by atoms with E-state index in [9.17, 15) is 4.79 Å². The lowest BCUT2D eigenvalue weighted by Crippen LogP contribution is -1.90. The molecule has 0 fully saturated rings. The Labute approximate surface area is 114 Å². The molecule has 3 nitrogen and oxygen atoms in total. The average Bonchev–Trinajstić information content (AvgIpc) is 2.52. The monoisotopic (exact) mass is 258 g/mol. The summed E-state index contributed by atoms with van der Waals surface area (Å²) in [5, 5.41) is 3.06. The predicted octanol–water partition coefficient (Wildman–Crippen LogP) is 3.75. The van der Waals surface area contributed by atoms with E-state index in [1.165, 1.54) is 0 Å². The minimum absolute atomic E-state index is 0.616. The quantitative estimate of drug-likeness (QED) is 0.296. The first-order valence-corrected chi connectivity index (χ1v) is 6.39. The molecule has 0 amide bonds. The van der Waals surface area contributed by atoms with E-state index in [0.717, 1.165) is 39.0 Å². The molecule has 2 aromatic carbocycles. The number of para-hydroxylation sites is 1. The molecule has 0 saturated heterocycles. The number of benzene rings is 2. The van der Waals surface area contributed by atoms with Gasteiger partial charge in [-0.3, -0.25) is 9.78 Å². The van der Waals surface area contributed by atoms with E-state index in [0.29, 0.717) is 5.56 Å². The van der Waals surface area contributed by atoms with E-state index < -0.39 is 0 Å². The number of aldehydes is 1. The first kappa shape index (κ1) is 11.1. The van der Waals surface area contributed by atoms with Crippen LogP contribution in [0.25, 0.3) is 32.7 Å². The molecule has 0 spiro atoms. The molecule has 0 aliphatic rings. The van der Waals surface area contributed by atoms with Crippen molar-refractivity contribution in [2.24, 2.45) is 0 Å². The number of hydrogen-bond donors (Lipinski definition) is 0. The zero-order chi connectivity index (χ0) is 13.5. The Morgan fingerprint density at radius 3 is 2.70 bits per heavy atom. The van der Waals surface area contributed by atoms with Gasteiger partial charge in [0.05, 0.1) is 16.6 Å². The Morgan fingerprint density at radius 1 is 0.900 bits per heavy atom. The fraction of sp³-hybridized carbons (Fsp3) is 0. The first-order chi connectivity index (χ1) is 9.86. The SMILES string of the molecule is O=Cc1cccc2cc3c(ccc4cccnc43)nc12. The third-order valence-corrected chi connectivity index (χ3v) is 3.55. The molecule has 0 saturated carbocycles.